The minimum atomic E-state index is -0.492. The summed E-state index contributed by atoms with van der Waals surface area (Å²) < 4.78 is 10.3. The first-order chi connectivity index (χ1) is 7.11. The van der Waals surface area contributed by atoms with Gasteiger partial charge in [-0.15, -0.1) is 0 Å². The first kappa shape index (κ1) is 14.4. The molecule has 0 aromatic rings. The zero-order valence-corrected chi connectivity index (χ0v) is 9.99. The highest BCUT2D eigenvalue weighted by atomic mass is 16.6. The van der Waals surface area contributed by atoms with Gasteiger partial charge >= 0.3 is 5.97 Å². The molecule has 0 aliphatic heterocycles. The van der Waals surface area contributed by atoms with Crippen molar-refractivity contribution in [2.24, 2.45) is 5.73 Å². The van der Waals surface area contributed by atoms with Gasteiger partial charge in [-0.05, 0) is 20.3 Å². The third-order valence-corrected chi connectivity index (χ3v) is 2.05. The van der Waals surface area contributed by atoms with E-state index >= 15 is 0 Å². The average Bonchev–Trinajstić information content (AvgIpc) is 2.22. The van der Waals surface area contributed by atoms with Gasteiger partial charge in [-0.3, -0.25) is 4.79 Å². The Morgan fingerprint density at radius 3 is 2.60 bits per heavy atom. The summed E-state index contributed by atoms with van der Waals surface area (Å²) in [5.74, 6) is -0.323. The third kappa shape index (κ3) is 7.33. The van der Waals surface area contributed by atoms with E-state index in [1.807, 2.05) is 6.92 Å². The molecule has 0 aromatic heterocycles. The maximum atomic E-state index is 11.4. The molecule has 0 saturated carbocycles. The smallest absolute Gasteiger partial charge is 0.323 e. The van der Waals surface area contributed by atoms with Crippen molar-refractivity contribution in [2.75, 3.05) is 13.2 Å². The maximum Gasteiger partial charge on any atom is 0.323 e. The standard InChI is InChI=1S/C11H23NO3/c1-4-6-7-10(12)11(13)15-9(3)8-14-5-2/h9-10H,4-8,12H2,1-3H3. The molecule has 4 nitrogen and oxygen atoms in total. The number of carbonyl (C=O) groups is 1. The van der Waals surface area contributed by atoms with Crippen molar-refractivity contribution in [1.82, 2.24) is 0 Å². The van der Waals surface area contributed by atoms with Crippen LogP contribution in [0, 0.1) is 0 Å². The van der Waals surface area contributed by atoms with Crippen LogP contribution in [0.25, 0.3) is 0 Å². The number of unbranched alkanes of at least 4 members (excludes halogenated alkanes) is 1. The molecule has 4 heteroatoms. The molecule has 2 atom stereocenters. The molecule has 2 unspecified atom stereocenters. The number of esters is 1. The monoisotopic (exact) mass is 217 g/mol. The lowest BCUT2D eigenvalue weighted by Gasteiger charge is -2.16. The molecule has 90 valence electrons. The van der Waals surface area contributed by atoms with E-state index in [1.165, 1.54) is 0 Å². The van der Waals surface area contributed by atoms with E-state index in [9.17, 15) is 4.79 Å². The lowest BCUT2D eigenvalue weighted by Crippen LogP contribution is -2.35. The number of hydrogen-bond acceptors (Lipinski definition) is 4. The zero-order valence-electron chi connectivity index (χ0n) is 9.99. The van der Waals surface area contributed by atoms with Gasteiger partial charge < -0.3 is 15.2 Å². The fraction of sp³-hybridized carbons (Fsp3) is 0.909. The fourth-order valence-electron chi connectivity index (χ4n) is 1.15. The minimum Gasteiger partial charge on any atom is -0.459 e. The van der Waals surface area contributed by atoms with Gasteiger partial charge in [-0.2, -0.15) is 0 Å². The van der Waals surface area contributed by atoms with Crippen molar-refractivity contribution in [2.45, 2.75) is 52.2 Å². The molecule has 0 aromatic carbocycles. The molecular weight excluding hydrogens is 194 g/mol. The van der Waals surface area contributed by atoms with Crippen LogP contribution in [0.3, 0.4) is 0 Å². The highest BCUT2D eigenvalue weighted by molar-refractivity contribution is 5.75. The number of carbonyl (C=O) groups excluding carboxylic acids is 1. The van der Waals surface area contributed by atoms with Gasteiger partial charge in [-0.1, -0.05) is 19.8 Å². The Balaban J connectivity index is 3.70. The van der Waals surface area contributed by atoms with E-state index in [1.54, 1.807) is 6.92 Å². The second-order valence-corrected chi connectivity index (χ2v) is 3.66. The van der Waals surface area contributed by atoms with Crippen LogP contribution in [-0.2, 0) is 14.3 Å². The van der Waals surface area contributed by atoms with E-state index in [4.69, 9.17) is 15.2 Å². The predicted octanol–water partition coefficient (Wildman–Crippen LogP) is 1.47. The van der Waals surface area contributed by atoms with E-state index in [0.29, 0.717) is 19.6 Å². The Bertz CT molecular complexity index is 173. The lowest BCUT2D eigenvalue weighted by molar-refractivity contribution is -0.152. The van der Waals surface area contributed by atoms with Crippen LogP contribution >= 0.6 is 0 Å². The molecule has 0 amide bonds. The second kappa shape index (κ2) is 8.68. The van der Waals surface area contributed by atoms with Gasteiger partial charge in [0, 0.05) is 6.61 Å². The Hall–Kier alpha value is -0.610. The maximum absolute atomic E-state index is 11.4. The number of ether oxygens (including phenoxy) is 2. The summed E-state index contributed by atoms with van der Waals surface area (Å²) >= 11 is 0. The van der Waals surface area contributed by atoms with E-state index in [0.717, 1.165) is 12.8 Å². The van der Waals surface area contributed by atoms with Gasteiger partial charge in [0.2, 0.25) is 0 Å². The molecule has 0 saturated heterocycles. The topological polar surface area (TPSA) is 61.6 Å². The van der Waals surface area contributed by atoms with Gasteiger partial charge in [0.15, 0.2) is 0 Å². The van der Waals surface area contributed by atoms with Crippen LogP contribution in [0.4, 0.5) is 0 Å². The Morgan fingerprint density at radius 1 is 1.40 bits per heavy atom. The summed E-state index contributed by atoms with van der Waals surface area (Å²) in [4.78, 5) is 11.4. The molecule has 0 aliphatic rings. The largest absolute Gasteiger partial charge is 0.459 e. The lowest BCUT2D eigenvalue weighted by atomic mass is 10.1. The van der Waals surface area contributed by atoms with Gasteiger partial charge in [0.1, 0.15) is 12.1 Å². The van der Waals surface area contributed by atoms with E-state index < -0.39 is 6.04 Å². The molecule has 0 radical (unpaired) electrons. The van der Waals surface area contributed by atoms with E-state index in [-0.39, 0.29) is 12.1 Å². The van der Waals surface area contributed by atoms with Crippen LogP contribution < -0.4 is 5.73 Å². The van der Waals surface area contributed by atoms with E-state index in [2.05, 4.69) is 6.92 Å². The predicted molar refractivity (Wildman–Crippen MR) is 59.5 cm³/mol. The van der Waals surface area contributed by atoms with Crippen molar-refractivity contribution in [1.29, 1.82) is 0 Å². The molecule has 2 N–H and O–H groups in total. The quantitative estimate of drug-likeness (QED) is 0.625. The fourth-order valence-corrected chi connectivity index (χ4v) is 1.15. The van der Waals surface area contributed by atoms with Gasteiger partial charge in [0.25, 0.3) is 0 Å². The highest BCUT2D eigenvalue weighted by Crippen LogP contribution is 2.02. The summed E-state index contributed by atoms with van der Waals surface area (Å²) in [6, 6.07) is -0.492. The molecule has 0 bridgehead atoms. The van der Waals surface area contributed by atoms with Crippen molar-refractivity contribution >= 4 is 5.97 Å². The summed E-state index contributed by atoms with van der Waals surface area (Å²) in [6.45, 7) is 6.84. The van der Waals surface area contributed by atoms with Crippen molar-refractivity contribution < 1.29 is 14.3 Å². The molecular formula is C11H23NO3. The second-order valence-electron chi connectivity index (χ2n) is 3.66. The first-order valence-electron chi connectivity index (χ1n) is 5.65. The van der Waals surface area contributed by atoms with Crippen molar-refractivity contribution in [3.8, 4) is 0 Å². The molecule has 0 aliphatic carbocycles. The zero-order chi connectivity index (χ0) is 11.7. The Labute approximate surface area is 92.1 Å². The molecule has 0 spiro atoms. The normalized spacial score (nSPS) is 14.7. The minimum absolute atomic E-state index is 0.217. The Kier molecular flexibility index (Phi) is 8.33. The van der Waals surface area contributed by atoms with Crippen LogP contribution in [0.1, 0.15) is 40.0 Å². The third-order valence-electron chi connectivity index (χ3n) is 2.05. The Morgan fingerprint density at radius 2 is 2.07 bits per heavy atom. The highest BCUT2D eigenvalue weighted by Gasteiger charge is 2.17. The van der Waals surface area contributed by atoms with Gasteiger partial charge in [-0.25, -0.2) is 0 Å². The summed E-state index contributed by atoms with van der Waals surface area (Å²) in [6.07, 6.45) is 2.47. The SMILES string of the molecule is CCCCC(N)C(=O)OC(C)COCC. The summed E-state index contributed by atoms with van der Waals surface area (Å²) in [5.41, 5.74) is 5.66. The molecule has 0 fully saturated rings. The molecule has 0 rings (SSSR count). The van der Waals surface area contributed by atoms with Gasteiger partial charge in [0.05, 0.1) is 6.61 Å². The summed E-state index contributed by atoms with van der Waals surface area (Å²) in [5, 5.41) is 0. The number of nitrogens with two attached hydrogens (primary N) is 1. The average molecular weight is 217 g/mol. The van der Waals surface area contributed by atoms with Crippen LogP contribution in [0.15, 0.2) is 0 Å². The van der Waals surface area contributed by atoms with Crippen molar-refractivity contribution in [3.05, 3.63) is 0 Å². The molecule has 15 heavy (non-hydrogen) atoms. The van der Waals surface area contributed by atoms with Crippen LogP contribution in [-0.4, -0.2) is 31.3 Å². The van der Waals surface area contributed by atoms with Crippen LogP contribution in [0.5, 0.6) is 0 Å². The first-order valence-corrected chi connectivity index (χ1v) is 5.65. The molecule has 0 heterocycles. The number of rotatable bonds is 8. The van der Waals surface area contributed by atoms with Crippen molar-refractivity contribution in [3.63, 3.8) is 0 Å². The number of hydrogen-bond donors (Lipinski definition) is 1. The summed E-state index contributed by atoms with van der Waals surface area (Å²) in [7, 11) is 0. The van der Waals surface area contributed by atoms with Crippen LogP contribution in [0.2, 0.25) is 0 Å².